The molecular weight excluding hydrogens is 179 g/mol. The Morgan fingerprint density at radius 3 is 2.20 bits per heavy atom. The van der Waals surface area contributed by atoms with Crippen LogP contribution in [0.3, 0.4) is 0 Å². The minimum Gasteiger partial charge on any atom is -0.0741 e. The van der Waals surface area contributed by atoms with Crippen LogP contribution in [0.15, 0.2) is 0 Å². The summed E-state index contributed by atoms with van der Waals surface area (Å²) in [5.41, 5.74) is 0. The van der Waals surface area contributed by atoms with Gasteiger partial charge in [-0.3, -0.25) is 0 Å². The summed E-state index contributed by atoms with van der Waals surface area (Å²) in [7, 11) is 0. The molecule has 0 amide bonds. The molecule has 1 saturated carbocycles. The molecule has 2 heterocycles. The average molecular weight is 204 g/mol. The van der Waals surface area contributed by atoms with Crippen LogP contribution in [0.25, 0.3) is 0 Å². The maximum atomic E-state index is 1.60. The molecule has 2 saturated heterocycles. The van der Waals surface area contributed by atoms with Crippen LogP contribution in [0.5, 0.6) is 0 Å². The highest BCUT2D eigenvalue weighted by molar-refractivity contribution is 6.58. The van der Waals surface area contributed by atoms with Crippen LogP contribution >= 0.6 is 0 Å². The van der Waals surface area contributed by atoms with Gasteiger partial charge in [-0.1, -0.05) is 51.1 Å². The van der Waals surface area contributed by atoms with Crippen LogP contribution in [-0.2, 0) is 0 Å². The lowest BCUT2D eigenvalue weighted by molar-refractivity contribution is 0.185. The minimum absolute atomic E-state index is 1.12. The highest BCUT2D eigenvalue weighted by Gasteiger charge is 2.33. The van der Waals surface area contributed by atoms with Crippen molar-refractivity contribution in [3.05, 3.63) is 0 Å². The summed E-state index contributed by atoms with van der Waals surface area (Å²) in [6.45, 7) is 1.12. The van der Waals surface area contributed by atoms with Gasteiger partial charge in [0.15, 0.2) is 0 Å². The van der Waals surface area contributed by atoms with E-state index in [-0.39, 0.29) is 0 Å². The first kappa shape index (κ1) is 10.2. The van der Waals surface area contributed by atoms with Crippen LogP contribution < -0.4 is 0 Å². The Bertz CT molecular complexity index is 205. The summed E-state index contributed by atoms with van der Waals surface area (Å²) < 4.78 is 0. The summed E-state index contributed by atoms with van der Waals surface area (Å²) >= 11 is 0. The SMILES string of the molecule is C1CCC2CC3CCCB(C1)CC(C2)C3. The second-order valence-electron chi connectivity index (χ2n) is 6.62. The standard InChI is InChI=1S/C14H25B/c1-2-6-15-7-3-5-13-8-12(4-1)9-14(10-13)11-15/h12-14H,1-11H2. The monoisotopic (exact) mass is 204 g/mol. The van der Waals surface area contributed by atoms with Crippen molar-refractivity contribution in [3.8, 4) is 0 Å². The summed E-state index contributed by atoms with van der Waals surface area (Å²) in [4.78, 5) is 0. The van der Waals surface area contributed by atoms with Crippen LogP contribution in [0, 0.1) is 17.8 Å². The first-order valence-electron chi connectivity index (χ1n) is 7.40. The van der Waals surface area contributed by atoms with E-state index in [0.29, 0.717) is 0 Å². The van der Waals surface area contributed by atoms with E-state index >= 15 is 0 Å². The topological polar surface area (TPSA) is 0 Å². The Morgan fingerprint density at radius 2 is 1.33 bits per heavy atom. The molecule has 84 valence electrons. The van der Waals surface area contributed by atoms with Crippen molar-refractivity contribution in [3.63, 3.8) is 0 Å². The molecule has 3 fully saturated rings. The molecular formula is C14H25B. The van der Waals surface area contributed by atoms with Gasteiger partial charge in [-0.15, -0.1) is 0 Å². The first-order valence-corrected chi connectivity index (χ1v) is 7.40. The average Bonchev–Trinajstić information content (AvgIpc) is 2.25. The van der Waals surface area contributed by atoms with Crippen LogP contribution in [0.4, 0.5) is 0 Å². The van der Waals surface area contributed by atoms with E-state index in [4.69, 9.17) is 0 Å². The van der Waals surface area contributed by atoms with Gasteiger partial charge in [0.2, 0.25) is 0 Å². The zero-order valence-electron chi connectivity index (χ0n) is 10.1. The molecule has 3 unspecified atom stereocenters. The lowest BCUT2D eigenvalue weighted by atomic mass is 9.38. The van der Waals surface area contributed by atoms with Gasteiger partial charge in [0.25, 0.3) is 0 Å². The predicted molar refractivity (Wildman–Crippen MR) is 67.6 cm³/mol. The van der Waals surface area contributed by atoms with E-state index in [2.05, 4.69) is 0 Å². The molecule has 0 radical (unpaired) electrons. The zero-order valence-corrected chi connectivity index (χ0v) is 10.1. The van der Waals surface area contributed by atoms with Gasteiger partial charge in [0.1, 0.15) is 6.71 Å². The zero-order chi connectivity index (χ0) is 10.1. The molecule has 2 aliphatic heterocycles. The van der Waals surface area contributed by atoms with Crippen molar-refractivity contribution in [2.45, 2.75) is 70.3 Å². The van der Waals surface area contributed by atoms with Gasteiger partial charge in [-0.05, 0) is 37.0 Å². The predicted octanol–water partition coefficient (Wildman–Crippen LogP) is 4.49. The second kappa shape index (κ2) is 4.51. The third-order valence-corrected chi connectivity index (χ3v) is 5.37. The number of hydrogen-bond acceptors (Lipinski definition) is 0. The van der Waals surface area contributed by atoms with Crippen molar-refractivity contribution in [2.75, 3.05) is 0 Å². The molecule has 3 rings (SSSR count). The number of hydrogen-bond donors (Lipinski definition) is 0. The Morgan fingerprint density at radius 1 is 0.667 bits per heavy atom. The van der Waals surface area contributed by atoms with E-state index in [1.54, 1.807) is 70.3 Å². The van der Waals surface area contributed by atoms with Gasteiger partial charge in [-0.2, -0.15) is 0 Å². The van der Waals surface area contributed by atoms with Crippen molar-refractivity contribution in [1.82, 2.24) is 0 Å². The molecule has 15 heavy (non-hydrogen) atoms. The highest BCUT2D eigenvalue weighted by Crippen LogP contribution is 2.44. The van der Waals surface area contributed by atoms with Crippen molar-refractivity contribution >= 4 is 6.71 Å². The third kappa shape index (κ3) is 2.42. The Balaban J connectivity index is 1.77. The maximum Gasteiger partial charge on any atom is 0.140 e. The number of rotatable bonds is 0. The van der Waals surface area contributed by atoms with Gasteiger partial charge in [-0.25, -0.2) is 0 Å². The third-order valence-electron chi connectivity index (χ3n) is 5.37. The van der Waals surface area contributed by atoms with E-state index in [1.807, 2.05) is 0 Å². The molecule has 3 aliphatic rings. The minimum atomic E-state index is 1.12. The molecule has 3 atom stereocenters. The molecule has 4 bridgehead atoms. The first-order chi connectivity index (χ1) is 7.40. The van der Waals surface area contributed by atoms with E-state index in [9.17, 15) is 0 Å². The quantitative estimate of drug-likeness (QED) is 0.510. The van der Waals surface area contributed by atoms with Gasteiger partial charge >= 0.3 is 0 Å². The molecule has 0 spiro atoms. The Labute approximate surface area is 95.3 Å². The number of fused-ring (bicyclic) bond motifs is 3. The van der Waals surface area contributed by atoms with Crippen LogP contribution in [0.2, 0.25) is 19.0 Å². The molecule has 0 aromatic heterocycles. The summed E-state index contributed by atoms with van der Waals surface area (Å²) in [5, 5.41) is 0. The molecule has 1 heteroatoms. The van der Waals surface area contributed by atoms with Crippen LogP contribution in [-0.4, -0.2) is 6.71 Å². The lowest BCUT2D eigenvalue weighted by Gasteiger charge is -2.37. The van der Waals surface area contributed by atoms with E-state index in [0.717, 1.165) is 24.5 Å². The maximum absolute atomic E-state index is 1.60. The summed E-state index contributed by atoms with van der Waals surface area (Å²) in [6, 6.07) is 0. The van der Waals surface area contributed by atoms with E-state index < -0.39 is 0 Å². The molecule has 0 aromatic rings. The normalized spacial score (nSPS) is 41.6. The Hall–Kier alpha value is 0.0649. The fourth-order valence-corrected chi connectivity index (χ4v) is 4.78. The van der Waals surface area contributed by atoms with Crippen molar-refractivity contribution in [1.29, 1.82) is 0 Å². The highest BCUT2D eigenvalue weighted by atomic mass is 14.3. The van der Waals surface area contributed by atoms with E-state index in [1.165, 1.54) is 0 Å². The van der Waals surface area contributed by atoms with Gasteiger partial charge < -0.3 is 0 Å². The second-order valence-corrected chi connectivity index (χ2v) is 6.62. The summed E-state index contributed by atoms with van der Waals surface area (Å²) in [6.07, 6.45) is 17.3. The fourth-order valence-electron chi connectivity index (χ4n) is 4.78. The summed E-state index contributed by atoms with van der Waals surface area (Å²) in [5.74, 6) is 3.40. The Kier molecular flexibility index (Phi) is 3.08. The molecule has 0 nitrogen and oxygen atoms in total. The van der Waals surface area contributed by atoms with Gasteiger partial charge in [0.05, 0.1) is 0 Å². The molecule has 0 aromatic carbocycles. The van der Waals surface area contributed by atoms with Crippen molar-refractivity contribution < 1.29 is 0 Å². The molecule has 0 N–H and O–H groups in total. The molecule has 1 aliphatic carbocycles. The largest absolute Gasteiger partial charge is 0.140 e. The van der Waals surface area contributed by atoms with Crippen molar-refractivity contribution in [2.24, 2.45) is 17.8 Å². The van der Waals surface area contributed by atoms with Crippen LogP contribution in [0.1, 0.15) is 51.4 Å². The fraction of sp³-hybridized carbons (Fsp3) is 1.00. The smallest absolute Gasteiger partial charge is 0.0741 e. The lowest BCUT2D eigenvalue weighted by Crippen LogP contribution is -2.28. The van der Waals surface area contributed by atoms with Gasteiger partial charge in [0, 0.05) is 0 Å².